The maximum atomic E-state index is 12.7. The van der Waals surface area contributed by atoms with Gasteiger partial charge in [0.1, 0.15) is 47.5 Å². The summed E-state index contributed by atoms with van der Waals surface area (Å²) in [5, 5.41) is 28.9. The first-order valence-corrected chi connectivity index (χ1v) is 9.23. The molecule has 0 fully saturated rings. The van der Waals surface area contributed by atoms with Crippen molar-refractivity contribution < 1.29 is 13.5 Å². The minimum absolute atomic E-state index is 0. The summed E-state index contributed by atoms with van der Waals surface area (Å²) in [7, 11) is 0. The van der Waals surface area contributed by atoms with Crippen molar-refractivity contribution in [3.05, 3.63) is 83.8 Å². The van der Waals surface area contributed by atoms with Gasteiger partial charge in [-0.2, -0.15) is 20.9 Å². The number of allylic oxidation sites excluding steroid dienone is 1. The van der Waals surface area contributed by atoms with Crippen LogP contribution in [0, 0.1) is 45.6 Å². The van der Waals surface area contributed by atoms with E-state index in [-0.39, 0.29) is 35.4 Å². The first-order valence-electron chi connectivity index (χ1n) is 9.23. The topological polar surface area (TPSA) is 162 Å². The van der Waals surface area contributed by atoms with E-state index in [1.807, 2.05) is 6.07 Å². The number of halogens is 3. The Kier molecular flexibility index (Phi) is 13.9. The minimum Gasteiger partial charge on any atom is -0.499 e. The van der Waals surface area contributed by atoms with Crippen molar-refractivity contribution in [3.8, 4) is 23.9 Å². The van der Waals surface area contributed by atoms with Gasteiger partial charge in [-0.3, -0.25) is 5.84 Å². The number of rotatable bonds is 4. The average Bonchev–Trinajstić information content (AvgIpc) is 3.22. The van der Waals surface area contributed by atoms with Crippen LogP contribution in [0.15, 0.2) is 66.6 Å². The van der Waals surface area contributed by atoms with Gasteiger partial charge >= 0.3 is 0 Å². The highest BCUT2D eigenvalue weighted by atomic mass is 35.5. The number of nitrogens with zero attached hydrogens (tertiary/aromatic N) is 5. The van der Waals surface area contributed by atoms with Gasteiger partial charge in [0.2, 0.25) is 0 Å². The van der Waals surface area contributed by atoms with Crippen LogP contribution in [0.3, 0.4) is 0 Å². The van der Waals surface area contributed by atoms with Crippen LogP contribution in [0.1, 0.15) is 12.5 Å². The van der Waals surface area contributed by atoms with Crippen LogP contribution in [0.2, 0.25) is 0 Å². The van der Waals surface area contributed by atoms with Crippen molar-refractivity contribution in [3.63, 3.8) is 0 Å². The van der Waals surface area contributed by atoms with Crippen LogP contribution < -0.4 is 17.0 Å². The second-order valence-corrected chi connectivity index (χ2v) is 5.81. The fourth-order valence-electron chi connectivity index (χ4n) is 2.02. The zero-order chi connectivity index (χ0) is 24.6. The number of nitrogen functional groups attached to an aromatic ring is 2. The van der Waals surface area contributed by atoms with Gasteiger partial charge in [-0.1, -0.05) is 0 Å². The van der Waals surface area contributed by atoms with Crippen LogP contribution in [-0.4, -0.2) is 16.4 Å². The van der Waals surface area contributed by atoms with Gasteiger partial charge < -0.3 is 15.9 Å². The van der Waals surface area contributed by atoms with E-state index in [1.54, 1.807) is 43.3 Å². The number of benzene rings is 2. The third-order valence-corrected chi connectivity index (χ3v) is 3.62. The highest BCUT2D eigenvalue weighted by Crippen LogP contribution is 2.16. The Morgan fingerprint density at radius 3 is 2.00 bits per heavy atom. The van der Waals surface area contributed by atoms with Gasteiger partial charge in [-0.15, -0.1) is 12.4 Å². The molecule has 0 spiro atoms. The summed E-state index contributed by atoms with van der Waals surface area (Å²) in [4.78, 5) is 0. The Bertz CT molecular complexity index is 1160. The summed E-state index contributed by atoms with van der Waals surface area (Å²) in [5.41, 5.74) is 9.68. The number of nitrogens with two attached hydrogens (primary N) is 2. The molecule has 0 saturated heterocycles. The van der Waals surface area contributed by atoms with Crippen LogP contribution in [0.4, 0.5) is 20.3 Å². The Morgan fingerprint density at radius 2 is 1.59 bits per heavy atom. The lowest BCUT2D eigenvalue weighted by atomic mass is 10.3. The highest BCUT2D eigenvalue weighted by molar-refractivity contribution is 5.85. The summed E-state index contributed by atoms with van der Waals surface area (Å²) < 4.78 is 30.9. The molecule has 0 atom stereocenters. The molecular formula is C22H21ClF2N8O. The lowest BCUT2D eigenvalue weighted by Crippen LogP contribution is -2.05. The molecule has 0 radical (unpaired) electrons. The predicted molar refractivity (Wildman–Crippen MR) is 125 cm³/mol. The molecular weight excluding hydrogens is 466 g/mol. The van der Waals surface area contributed by atoms with Crippen LogP contribution >= 0.6 is 12.4 Å². The average molecular weight is 487 g/mol. The summed E-state index contributed by atoms with van der Waals surface area (Å²) in [5.74, 6) is 4.70. The SMILES string of the molecule is CCOC=C(C#N)C#N.Cl.N#Cc1cnn(-c2ccc(F)cc2)c1N.NNc1ccc(F)cc1. The van der Waals surface area contributed by atoms with Gasteiger partial charge in [0.05, 0.1) is 18.5 Å². The fourth-order valence-corrected chi connectivity index (χ4v) is 2.02. The van der Waals surface area contributed by atoms with E-state index in [9.17, 15) is 8.78 Å². The Morgan fingerprint density at radius 1 is 1.06 bits per heavy atom. The second-order valence-electron chi connectivity index (χ2n) is 5.81. The predicted octanol–water partition coefficient (Wildman–Crippen LogP) is 3.95. The smallest absolute Gasteiger partial charge is 0.163 e. The molecule has 1 heterocycles. The van der Waals surface area contributed by atoms with E-state index >= 15 is 0 Å². The number of hydrogen-bond donors (Lipinski definition) is 3. The molecule has 0 unspecified atom stereocenters. The van der Waals surface area contributed by atoms with Crippen molar-refractivity contribution in [2.75, 3.05) is 17.8 Å². The molecule has 1 aromatic heterocycles. The third-order valence-electron chi connectivity index (χ3n) is 3.62. The van der Waals surface area contributed by atoms with E-state index in [2.05, 4.69) is 15.3 Å². The molecule has 0 aliphatic carbocycles. The summed E-state index contributed by atoms with van der Waals surface area (Å²) in [6.45, 7) is 2.26. The van der Waals surface area contributed by atoms with E-state index in [1.165, 1.54) is 35.1 Å². The zero-order valence-electron chi connectivity index (χ0n) is 17.9. The maximum absolute atomic E-state index is 12.7. The maximum Gasteiger partial charge on any atom is 0.163 e. The number of hydrogen-bond acceptors (Lipinski definition) is 8. The van der Waals surface area contributed by atoms with E-state index in [0.717, 1.165) is 6.26 Å². The van der Waals surface area contributed by atoms with Gasteiger partial charge in [-0.25, -0.2) is 13.5 Å². The lowest BCUT2D eigenvalue weighted by Gasteiger charge is -2.02. The Labute approximate surface area is 201 Å². The summed E-state index contributed by atoms with van der Waals surface area (Å²) >= 11 is 0. The van der Waals surface area contributed by atoms with E-state index < -0.39 is 0 Å². The second kappa shape index (κ2) is 16.1. The molecule has 0 aliphatic heterocycles. The van der Waals surface area contributed by atoms with E-state index in [0.29, 0.717) is 23.5 Å². The van der Waals surface area contributed by atoms with Gasteiger partial charge in [-0.05, 0) is 55.5 Å². The largest absolute Gasteiger partial charge is 0.499 e. The molecule has 2 aromatic carbocycles. The summed E-state index contributed by atoms with van der Waals surface area (Å²) in [6.07, 6.45) is 2.53. The molecule has 0 bridgehead atoms. The van der Waals surface area contributed by atoms with Crippen molar-refractivity contribution >= 4 is 23.9 Å². The fraction of sp³-hybridized carbons (Fsp3) is 0.0909. The zero-order valence-corrected chi connectivity index (χ0v) is 18.8. The molecule has 3 rings (SSSR count). The molecule has 34 heavy (non-hydrogen) atoms. The minimum atomic E-state index is -0.329. The Balaban J connectivity index is 0.000000502. The van der Waals surface area contributed by atoms with Gasteiger partial charge in [0.15, 0.2) is 5.57 Å². The van der Waals surface area contributed by atoms with Crippen molar-refractivity contribution in [2.45, 2.75) is 6.92 Å². The van der Waals surface area contributed by atoms with E-state index in [4.69, 9.17) is 27.4 Å². The standard InChI is InChI=1S/C10H7FN4.C6H7FN2.C6H6N2O.ClH/c11-8-1-3-9(4-2-8)15-10(13)7(5-12)6-14-15;7-5-1-3-6(9-8)4-2-5;1-2-9-5-6(3-7)4-8;/h1-4,6H,13H2;1-4,9H,8H2;5H,2H2,1H3;1H. The number of ether oxygens (including phenoxy) is 1. The van der Waals surface area contributed by atoms with Crippen LogP contribution in [-0.2, 0) is 4.74 Å². The Hall–Kier alpha value is -4.63. The normalized spacial score (nSPS) is 8.50. The van der Waals surface area contributed by atoms with Gasteiger partial charge in [0.25, 0.3) is 0 Å². The first-order chi connectivity index (χ1) is 15.9. The summed E-state index contributed by atoms with van der Waals surface area (Å²) in [6, 6.07) is 16.8. The quantitative estimate of drug-likeness (QED) is 0.216. The lowest BCUT2D eigenvalue weighted by molar-refractivity contribution is 0.268. The number of anilines is 2. The molecule has 0 amide bonds. The molecule has 0 saturated carbocycles. The number of nitriles is 3. The highest BCUT2D eigenvalue weighted by Gasteiger charge is 2.07. The number of aromatic nitrogens is 2. The van der Waals surface area contributed by atoms with Crippen LogP contribution in [0.25, 0.3) is 5.69 Å². The van der Waals surface area contributed by atoms with Crippen LogP contribution in [0.5, 0.6) is 0 Å². The molecule has 3 aromatic rings. The molecule has 9 nitrogen and oxygen atoms in total. The third kappa shape index (κ3) is 9.67. The van der Waals surface area contributed by atoms with Gasteiger partial charge in [0, 0.05) is 5.69 Å². The van der Waals surface area contributed by atoms with Crippen molar-refractivity contribution in [1.29, 1.82) is 15.8 Å². The molecule has 5 N–H and O–H groups in total. The number of nitrogens with one attached hydrogen (secondary N) is 1. The van der Waals surface area contributed by atoms with Crippen molar-refractivity contribution in [1.82, 2.24) is 9.78 Å². The first kappa shape index (κ1) is 29.4. The monoisotopic (exact) mass is 486 g/mol. The molecule has 176 valence electrons. The molecule has 12 heteroatoms. The molecule has 0 aliphatic rings. The van der Waals surface area contributed by atoms with Crippen molar-refractivity contribution in [2.24, 2.45) is 5.84 Å². The number of hydrazine groups is 1.